The molecule has 0 bridgehead atoms. The van der Waals surface area contributed by atoms with Gasteiger partial charge in [0.2, 0.25) is 5.76 Å². The average Bonchev–Trinajstić information content (AvgIpc) is 3.44. The molecule has 152 valence electrons. The molecular weight excluding hydrogens is 390 g/mol. The van der Waals surface area contributed by atoms with E-state index in [0.717, 1.165) is 17.7 Å². The van der Waals surface area contributed by atoms with Crippen molar-refractivity contribution in [2.45, 2.75) is 25.9 Å². The smallest absolute Gasteiger partial charge is 0.374 e. The molecule has 0 N–H and O–H groups in total. The number of methoxy groups -OCH3 is 1. The van der Waals surface area contributed by atoms with Crippen LogP contribution in [0.4, 0.5) is 0 Å². The molecule has 29 heavy (non-hydrogen) atoms. The summed E-state index contributed by atoms with van der Waals surface area (Å²) in [6.07, 6.45) is 2.11. The maximum atomic E-state index is 12.9. The molecule has 7 heteroatoms. The number of ether oxygens (including phenoxy) is 2. The molecule has 2 heterocycles. The summed E-state index contributed by atoms with van der Waals surface area (Å²) in [5.74, 6) is -0.0831. The highest BCUT2D eigenvalue weighted by atomic mass is 32.1. The van der Waals surface area contributed by atoms with Gasteiger partial charge in [0.25, 0.3) is 5.91 Å². The van der Waals surface area contributed by atoms with Crippen molar-refractivity contribution in [3.05, 3.63) is 76.4 Å². The van der Waals surface area contributed by atoms with Crippen LogP contribution < -0.4 is 4.74 Å². The Morgan fingerprint density at radius 3 is 2.55 bits per heavy atom. The predicted molar refractivity (Wildman–Crippen MR) is 110 cm³/mol. The lowest BCUT2D eigenvalue weighted by Gasteiger charge is -2.29. The van der Waals surface area contributed by atoms with E-state index in [1.165, 1.54) is 17.2 Å². The third kappa shape index (κ3) is 5.71. The monoisotopic (exact) mass is 413 g/mol. The van der Waals surface area contributed by atoms with Crippen LogP contribution in [0.5, 0.6) is 5.75 Å². The molecule has 3 rings (SSSR count). The molecule has 1 atom stereocenters. The Bertz CT molecular complexity index is 903. The number of rotatable bonds is 9. The molecule has 6 nitrogen and oxygen atoms in total. The minimum absolute atomic E-state index is 0.0643. The van der Waals surface area contributed by atoms with Crippen molar-refractivity contribution in [1.82, 2.24) is 4.90 Å². The lowest BCUT2D eigenvalue weighted by atomic mass is 10.1. The first-order valence-corrected chi connectivity index (χ1v) is 10.1. The second kappa shape index (κ2) is 9.93. The van der Waals surface area contributed by atoms with Gasteiger partial charge in [0.1, 0.15) is 5.75 Å². The van der Waals surface area contributed by atoms with Crippen molar-refractivity contribution < 1.29 is 23.5 Å². The fourth-order valence-electron chi connectivity index (χ4n) is 2.92. The summed E-state index contributed by atoms with van der Waals surface area (Å²) in [4.78, 5) is 27.8. The number of furan rings is 1. The average molecular weight is 413 g/mol. The first kappa shape index (κ1) is 20.7. The van der Waals surface area contributed by atoms with Gasteiger partial charge in [0, 0.05) is 23.9 Å². The predicted octanol–water partition coefficient (Wildman–Crippen LogP) is 4.17. The van der Waals surface area contributed by atoms with Crippen LogP contribution in [0, 0.1) is 0 Å². The molecule has 2 aromatic heterocycles. The lowest BCUT2D eigenvalue weighted by molar-refractivity contribution is -0.137. The number of esters is 1. The van der Waals surface area contributed by atoms with E-state index >= 15 is 0 Å². The maximum absolute atomic E-state index is 12.9. The summed E-state index contributed by atoms with van der Waals surface area (Å²) < 4.78 is 15.4. The number of carbonyl (C=O) groups excluding carboxylic acids is 2. The molecule has 0 fully saturated rings. The number of thiophene rings is 1. The van der Waals surface area contributed by atoms with Gasteiger partial charge in [0.15, 0.2) is 6.61 Å². The van der Waals surface area contributed by atoms with Gasteiger partial charge in [-0.15, -0.1) is 11.3 Å². The molecule has 0 saturated heterocycles. The summed E-state index contributed by atoms with van der Waals surface area (Å²) in [6.45, 7) is 2.06. The van der Waals surface area contributed by atoms with Crippen LogP contribution in [-0.2, 0) is 22.5 Å². The van der Waals surface area contributed by atoms with Crippen LogP contribution in [0.25, 0.3) is 0 Å². The van der Waals surface area contributed by atoms with Crippen LogP contribution in [0.3, 0.4) is 0 Å². The normalized spacial score (nSPS) is 11.7. The fraction of sp³-hybridized carbons (Fsp3) is 0.273. The Kier molecular flexibility index (Phi) is 7.08. The maximum Gasteiger partial charge on any atom is 0.374 e. The van der Waals surface area contributed by atoms with Crippen molar-refractivity contribution in [3.8, 4) is 5.75 Å². The Morgan fingerprint density at radius 1 is 1.14 bits per heavy atom. The lowest BCUT2D eigenvalue weighted by Crippen LogP contribution is -2.41. The van der Waals surface area contributed by atoms with Gasteiger partial charge < -0.3 is 18.8 Å². The van der Waals surface area contributed by atoms with Gasteiger partial charge in [-0.3, -0.25) is 4.79 Å². The Balaban J connectivity index is 1.69. The van der Waals surface area contributed by atoms with E-state index in [0.29, 0.717) is 6.54 Å². The zero-order valence-electron chi connectivity index (χ0n) is 16.4. The van der Waals surface area contributed by atoms with Gasteiger partial charge in [-0.25, -0.2) is 4.79 Å². The topological polar surface area (TPSA) is 69.0 Å². The highest BCUT2D eigenvalue weighted by Crippen LogP contribution is 2.19. The molecule has 0 aliphatic carbocycles. The van der Waals surface area contributed by atoms with Crippen LogP contribution in [0.15, 0.2) is 64.6 Å². The second-order valence-corrected chi connectivity index (χ2v) is 7.59. The van der Waals surface area contributed by atoms with Gasteiger partial charge in [0.05, 0.1) is 13.4 Å². The third-order valence-corrected chi connectivity index (χ3v) is 5.39. The van der Waals surface area contributed by atoms with E-state index in [2.05, 4.69) is 0 Å². The molecule has 0 aliphatic rings. The second-order valence-electron chi connectivity index (χ2n) is 6.56. The molecule has 0 radical (unpaired) electrons. The molecule has 1 amide bonds. The van der Waals surface area contributed by atoms with Gasteiger partial charge in [-0.05, 0) is 48.2 Å². The summed E-state index contributed by atoms with van der Waals surface area (Å²) in [5.41, 5.74) is 0.967. The van der Waals surface area contributed by atoms with Crippen molar-refractivity contribution in [2.24, 2.45) is 0 Å². The number of carbonyl (C=O) groups is 2. The van der Waals surface area contributed by atoms with Crippen molar-refractivity contribution in [1.29, 1.82) is 0 Å². The molecule has 3 aromatic rings. The summed E-state index contributed by atoms with van der Waals surface area (Å²) in [7, 11) is 1.61. The first-order valence-electron chi connectivity index (χ1n) is 9.22. The van der Waals surface area contributed by atoms with Gasteiger partial charge >= 0.3 is 5.97 Å². The van der Waals surface area contributed by atoms with Gasteiger partial charge in [-0.1, -0.05) is 18.2 Å². The zero-order valence-corrected chi connectivity index (χ0v) is 17.2. The van der Waals surface area contributed by atoms with Gasteiger partial charge in [-0.2, -0.15) is 0 Å². The largest absolute Gasteiger partial charge is 0.497 e. The molecule has 0 saturated carbocycles. The van der Waals surface area contributed by atoms with E-state index in [-0.39, 0.29) is 24.3 Å². The third-order valence-electron chi connectivity index (χ3n) is 4.49. The summed E-state index contributed by atoms with van der Waals surface area (Å²) in [5, 5.41) is 2.02. The minimum atomic E-state index is -0.654. The summed E-state index contributed by atoms with van der Waals surface area (Å²) in [6, 6.07) is 14.6. The van der Waals surface area contributed by atoms with Crippen LogP contribution in [-0.4, -0.2) is 36.5 Å². The fourth-order valence-corrected chi connectivity index (χ4v) is 3.75. The molecule has 1 aromatic carbocycles. The summed E-state index contributed by atoms with van der Waals surface area (Å²) >= 11 is 1.66. The molecule has 0 spiro atoms. The number of hydrogen-bond donors (Lipinski definition) is 0. The van der Waals surface area contributed by atoms with Crippen LogP contribution in [0.1, 0.15) is 27.9 Å². The first-order chi connectivity index (χ1) is 14.1. The molecule has 0 aliphatic heterocycles. The van der Waals surface area contributed by atoms with E-state index in [9.17, 15) is 9.59 Å². The molecule has 0 unspecified atom stereocenters. The van der Waals surface area contributed by atoms with E-state index in [4.69, 9.17) is 13.9 Å². The highest BCUT2D eigenvalue weighted by molar-refractivity contribution is 7.09. The van der Waals surface area contributed by atoms with E-state index < -0.39 is 5.97 Å². The van der Waals surface area contributed by atoms with Crippen molar-refractivity contribution in [2.75, 3.05) is 13.7 Å². The standard InChI is InChI=1S/C22H23NO5S/c1-16(13-19-5-4-12-29-19)23(14-17-7-9-18(26-2)10-8-17)21(24)15-28-22(25)20-6-3-11-27-20/h3-12,16H,13-15H2,1-2H3/t16-/m0/s1. The zero-order chi connectivity index (χ0) is 20.6. The highest BCUT2D eigenvalue weighted by Gasteiger charge is 2.23. The molecular formula is C22H23NO5S. The Labute approximate surface area is 173 Å². The number of nitrogens with zero attached hydrogens (tertiary/aromatic N) is 1. The van der Waals surface area contributed by atoms with Crippen LogP contribution in [0.2, 0.25) is 0 Å². The number of benzene rings is 1. The Hall–Kier alpha value is -3.06. The number of hydrogen-bond acceptors (Lipinski definition) is 6. The number of amides is 1. The SMILES string of the molecule is COc1ccc(CN(C(=O)COC(=O)c2ccco2)[C@@H](C)Cc2cccs2)cc1. The van der Waals surface area contributed by atoms with E-state index in [1.54, 1.807) is 29.4 Å². The van der Waals surface area contributed by atoms with Crippen molar-refractivity contribution in [3.63, 3.8) is 0 Å². The minimum Gasteiger partial charge on any atom is -0.497 e. The Morgan fingerprint density at radius 2 is 1.93 bits per heavy atom. The van der Waals surface area contributed by atoms with Crippen LogP contribution >= 0.6 is 11.3 Å². The van der Waals surface area contributed by atoms with E-state index in [1.807, 2.05) is 48.7 Å². The quantitative estimate of drug-likeness (QED) is 0.493. The van der Waals surface area contributed by atoms with Crippen molar-refractivity contribution >= 4 is 23.2 Å².